The summed E-state index contributed by atoms with van der Waals surface area (Å²) in [6.45, 7) is 5.70. The molecule has 0 fully saturated rings. The van der Waals surface area contributed by atoms with Gasteiger partial charge in [0.15, 0.2) is 6.61 Å². The summed E-state index contributed by atoms with van der Waals surface area (Å²) in [6.07, 6.45) is 1.72. The van der Waals surface area contributed by atoms with Crippen molar-refractivity contribution in [2.75, 3.05) is 6.61 Å². The van der Waals surface area contributed by atoms with Crippen molar-refractivity contribution < 1.29 is 4.74 Å². The minimum Gasteiger partial charge on any atom is -0.478 e. The number of nitrogens with zero attached hydrogens (tertiary/aromatic N) is 1. The van der Waals surface area contributed by atoms with E-state index in [4.69, 9.17) is 10.00 Å². The summed E-state index contributed by atoms with van der Waals surface area (Å²) in [4.78, 5) is 0. The number of benzene rings is 1. The fourth-order valence-corrected chi connectivity index (χ4v) is 1.14. The highest BCUT2D eigenvalue weighted by atomic mass is 16.5. The quantitative estimate of drug-likeness (QED) is 0.703. The van der Waals surface area contributed by atoms with Gasteiger partial charge in [0.05, 0.1) is 0 Å². The van der Waals surface area contributed by atoms with Crippen LogP contribution in [0.2, 0.25) is 0 Å². The molecule has 13 heavy (non-hydrogen) atoms. The summed E-state index contributed by atoms with van der Waals surface area (Å²) >= 11 is 0. The molecule has 0 aliphatic rings. The normalized spacial score (nSPS) is 8.92. The van der Waals surface area contributed by atoms with Crippen LogP contribution in [-0.2, 0) is 0 Å². The molecule has 0 unspecified atom stereocenters. The Balaban J connectivity index is 3.01. The molecule has 0 bridgehead atoms. The van der Waals surface area contributed by atoms with Crippen molar-refractivity contribution in [1.82, 2.24) is 0 Å². The zero-order valence-corrected chi connectivity index (χ0v) is 7.58. The first-order valence-electron chi connectivity index (χ1n) is 4.01. The lowest BCUT2D eigenvalue weighted by molar-refractivity contribution is 0.365. The third-order valence-electron chi connectivity index (χ3n) is 1.74. The van der Waals surface area contributed by atoms with Crippen molar-refractivity contribution >= 4 is 6.08 Å². The molecule has 0 heterocycles. The summed E-state index contributed by atoms with van der Waals surface area (Å²) in [6, 6.07) is 7.73. The summed E-state index contributed by atoms with van der Waals surface area (Å²) in [7, 11) is 0. The van der Waals surface area contributed by atoms with Crippen LogP contribution in [0.3, 0.4) is 0 Å². The van der Waals surface area contributed by atoms with Crippen LogP contribution in [-0.4, -0.2) is 6.61 Å². The number of ether oxygens (including phenoxy) is 1. The fourth-order valence-electron chi connectivity index (χ4n) is 1.14. The molecule has 2 heteroatoms. The maximum atomic E-state index is 8.38. The molecule has 66 valence electrons. The number of para-hydroxylation sites is 1. The molecule has 0 saturated carbocycles. The van der Waals surface area contributed by atoms with E-state index in [1.807, 2.05) is 31.2 Å². The Labute approximate surface area is 78.1 Å². The largest absolute Gasteiger partial charge is 0.478 e. The van der Waals surface area contributed by atoms with Gasteiger partial charge < -0.3 is 4.74 Å². The van der Waals surface area contributed by atoms with Gasteiger partial charge in [0.25, 0.3) is 0 Å². The van der Waals surface area contributed by atoms with E-state index < -0.39 is 0 Å². The molecule has 0 aliphatic heterocycles. The molecule has 1 aromatic rings. The Morgan fingerprint density at radius 2 is 2.38 bits per heavy atom. The predicted octanol–water partition coefficient (Wildman–Crippen LogP) is 2.54. The van der Waals surface area contributed by atoms with E-state index >= 15 is 0 Å². The number of rotatable bonds is 3. The monoisotopic (exact) mass is 173 g/mol. The minimum absolute atomic E-state index is 0.0751. The van der Waals surface area contributed by atoms with E-state index in [0.29, 0.717) is 0 Å². The van der Waals surface area contributed by atoms with Crippen molar-refractivity contribution in [2.24, 2.45) is 0 Å². The second-order valence-electron chi connectivity index (χ2n) is 2.64. The highest BCUT2D eigenvalue weighted by Gasteiger charge is 2.02. The van der Waals surface area contributed by atoms with E-state index in [-0.39, 0.29) is 6.61 Å². The average molecular weight is 173 g/mol. The predicted molar refractivity (Wildman–Crippen MR) is 52.4 cm³/mol. The average Bonchev–Trinajstić information content (AvgIpc) is 2.15. The molecule has 0 aliphatic carbocycles. The van der Waals surface area contributed by atoms with Gasteiger partial charge in [0, 0.05) is 5.56 Å². The van der Waals surface area contributed by atoms with Crippen molar-refractivity contribution in [3.8, 4) is 11.8 Å². The summed E-state index contributed by atoms with van der Waals surface area (Å²) in [5, 5.41) is 8.38. The Morgan fingerprint density at radius 1 is 1.62 bits per heavy atom. The van der Waals surface area contributed by atoms with Crippen LogP contribution in [0.4, 0.5) is 0 Å². The molecule has 0 N–H and O–H groups in total. The molecule has 0 spiro atoms. The minimum atomic E-state index is 0.0751. The van der Waals surface area contributed by atoms with Gasteiger partial charge in [0.2, 0.25) is 0 Å². The molecular weight excluding hydrogens is 162 g/mol. The zero-order valence-electron chi connectivity index (χ0n) is 7.58. The van der Waals surface area contributed by atoms with Crippen LogP contribution in [0.15, 0.2) is 24.8 Å². The van der Waals surface area contributed by atoms with Crippen molar-refractivity contribution in [3.63, 3.8) is 0 Å². The maximum Gasteiger partial charge on any atom is 0.174 e. The summed E-state index contributed by atoms with van der Waals surface area (Å²) in [5.41, 5.74) is 1.95. The molecule has 0 aromatic heterocycles. The number of hydrogen-bond donors (Lipinski definition) is 0. The van der Waals surface area contributed by atoms with E-state index in [2.05, 4.69) is 6.58 Å². The zero-order chi connectivity index (χ0) is 9.68. The van der Waals surface area contributed by atoms with E-state index in [0.717, 1.165) is 16.9 Å². The van der Waals surface area contributed by atoms with E-state index in [1.54, 1.807) is 6.08 Å². The Kier molecular flexibility index (Phi) is 3.10. The van der Waals surface area contributed by atoms with E-state index in [9.17, 15) is 0 Å². The van der Waals surface area contributed by atoms with E-state index in [1.165, 1.54) is 0 Å². The Morgan fingerprint density at radius 3 is 3.00 bits per heavy atom. The highest BCUT2D eigenvalue weighted by Crippen LogP contribution is 2.23. The summed E-state index contributed by atoms with van der Waals surface area (Å²) < 4.78 is 5.28. The van der Waals surface area contributed by atoms with Crippen LogP contribution >= 0.6 is 0 Å². The van der Waals surface area contributed by atoms with Gasteiger partial charge in [-0.15, -0.1) is 0 Å². The molecule has 0 radical (unpaired) electrons. The molecule has 1 aromatic carbocycles. The van der Waals surface area contributed by atoms with Crippen molar-refractivity contribution in [1.29, 1.82) is 5.26 Å². The van der Waals surface area contributed by atoms with Gasteiger partial charge in [-0.1, -0.05) is 30.9 Å². The molecule has 1 rings (SSSR count). The van der Waals surface area contributed by atoms with Gasteiger partial charge in [-0.05, 0) is 12.5 Å². The number of hydrogen-bond acceptors (Lipinski definition) is 2. The lowest BCUT2D eigenvalue weighted by atomic mass is 10.1. The second-order valence-corrected chi connectivity index (χ2v) is 2.64. The lowest BCUT2D eigenvalue weighted by Crippen LogP contribution is -1.97. The third-order valence-corrected chi connectivity index (χ3v) is 1.74. The number of nitriles is 1. The van der Waals surface area contributed by atoms with Crippen LogP contribution in [0, 0.1) is 18.3 Å². The Hall–Kier alpha value is -1.75. The third kappa shape index (κ3) is 2.09. The molecular formula is C11H11NO. The second kappa shape index (κ2) is 4.32. The van der Waals surface area contributed by atoms with Crippen molar-refractivity contribution in [3.05, 3.63) is 35.9 Å². The van der Waals surface area contributed by atoms with Crippen LogP contribution in [0.5, 0.6) is 5.75 Å². The smallest absolute Gasteiger partial charge is 0.174 e. The van der Waals surface area contributed by atoms with Gasteiger partial charge in [-0.2, -0.15) is 5.26 Å². The first kappa shape index (κ1) is 9.34. The molecule has 0 atom stereocenters. The van der Waals surface area contributed by atoms with Gasteiger partial charge >= 0.3 is 0 Å². The topological polar surface area (TPSA) is 33.0 Å². The van der Waals surface area contributed by atoms with Crippen LogP contribution in [0.25, 0.3) is 6.08 Å². The Bertz CT molecular complexity index is 350. The molecule has 0 amide bonds. The van der Waals surface area contributed by atoms with Gasteiger partial charge in [-0.3, -0.25) is 0 Å². The van der Waals surface area contributed by atoms with Crippen LogP contribution < -0.4 is 4.74 Å². The molecule has 0 saturated heterocycles. The first-order valence-corrected chi connectivity index (χ1v) is 4.01. The van der Waals surface area contributed by atoms with Crippen LogP contribution in [0.1, 0.15) is 11.1 Å². The number of aryl methyl sites for hydroxylation is 1. The van der Waals surface area contributed by atoms with Gasteiger partial charge in [-0.25, -0.2) is 0 Å². The standard InChI is InChI=1S/C11H11NO/c1-3-10-6-4-5-9(2)11(10)13-8-7-12/h3-6H,1,8H2,2H3. The first-order chi connectivity index (χ1) is 6.29. The fraction of sp³-hybridized carbons (Fsp3) is 0.182. The SMILES string of the molecule is C=Cc1cccc(C)c1OCC#N. The van der Waals surface area contributed by atoms with Crippen molar-refractivity contribution in [2.45, 2.75) is 6.92 Å². The lowest BCUT2D eigenvalue weighted by Gasteiger charge is -2.08. The van der Waals surface area contributed by atoms with Gasteiger partial charge in [0.1, 0.15) is 11.8 Å². The maximum absolute atomic E-state index is 8.38. The highest BCUT2D eigenvalue weighted by molar-refractivity contribution is 5.58. The molecule has 2 nitrogen and oxygen atoms in total. The summed E-state index contributed by atoms with van der Waals surface area (Å²) in [5.74, 6) is 0.749.